The van der Waals surface area contributed by atoms with Crippen LogP contribution in [-0.2, 0) is 4.74 Å². The summed E-state index contributed by atoms with van der Waals surface area (Å²) >= 11 is 3.01. The van der Waals surface area contributed by atoms with E-state index in [-0.39, 0.29) is 11.9 Å². The molecule has 0 bridgehead atoms. The molecule has 1 atom stereocenters. The van der Waals surface area contributed by atoms with Crippen LogP contribution in [0.4, 0.5) is 0 Å². The van der Waals surface area contributed by atoms with Gasteiger partial charge in [0.05, 0.1) is 17.0 Å². The smallest absolute Gasteiger partial charge is 0.261 e. The number of methoxy groups -OCH3 is 1. The number of amides is 1. The second-order valence-corrected chi connectivity index (χ2v) is 6.20. The van der Waals surface area contributed by atoms with Crippen molar-refractivity contribution in [2.45, 2.75) is 13.0 Å². The second-order valence-electron chi connectivity index (χ2n) is 4.30. The highest BCUT2D eigenvalue weighted by Crippen LogP contribution is 2.28. The van der Waals surface area contributed by atoms with Crippen molar-refractivity contribution >= 4 is 43.9 Å². The van der Waals surface area contributed by atoms with Gasteiger partial charge < -0.3 is 10.1 Å². The standard InChI is InChI=1S/C12H13N3O2S2/c1-7(6-17-2)13-10(16)9-5-8-11(19-9)14-12-15(8)3-4-18-12/h3-5,7H,6H2,1-2H3,(H,13,16). The van der Waals surface area contributed by atoms with Crippen LogP contribution in [0.1, 0.15) is 16.6 Å². The molecule has 3 aromatic rings. The van der Waals surface area contributed by atoms with Crippen LogP contribution in [0.15, 0.2) is 17.6 Å². The number of rotatable bonds is 4. The number of thiazole rings is 1. The number of aromatic nitrogens is 2. The largest absolute Gasteiger partial charge is 0.383 e. The molecule has 19 heavy (non-hydrogen) atoms. The summed E-state index contributed by atoms with van der Waals surface area (Å²) < 4.78 is 7.01. The lowest BCUT2D eigenvalue weighted by Gasteiger charge is -2.11. The molecule has 0 aliphatic rings. The van der Waals surface area contributed by atoms with Crippen molar-refractivity contribution < 1.29 is 9.53 Å². The maximum atomic E-state index is 12.1. The molecule has 0 aliphatic heterocycles. The summed E-state index contributed by atoms with van der Waals surface area (Å²) in [5, 5.41) is 4.89. The van der Waals surface area contributed by atoms with Crippen molar-refractivity contribution in [1.82, 2.24) is 14.7 Å². The third kappa shape index (κ3) is 2.24. The van der Waals surface area contributed by atoms with Crippen molar-refractivity contribution in [2.24, 2.45) is 0 Å². The first-order chi connectivity index (χ1) is 9.19. The zero-order valence-electron chi connectivity index (χ0n) is 10.5. The number of imidazole rings is 1. The molecule has 0 aromatic carbocycles. The van der Waals surface area contributed by atoms with E-state index in [1.165, 1.54) is 11.3 Å². The minimum Gasteiger partial charge on any atom is -0.383 e. The molecule has 1 N–H and O–H groups in total. The van der Waals surface area contributed by atoms with Gasteiger partial charge in [-0.05, 0) is 13.0 Å². The zero-order valence-corrected chi connectivity index (χ0v) is 12.2. The Balaban J connectivity index is 1.88. The summed E-state index contributed by atoms with van der Waals surface area (Å²) in [5.41, 5.74) is 0.991. The van der Waals surface area contributed by atoms with E-state index >= 15 is 0 Å². The fraction of sp³-hybridized carbons (Fsp3) is 0.333. The fourth-order valence-electron chi connectivity index (χ4n) is 1.95. The molecule has 0 spiro atoms. The summed E-state index contributed by atoms with van der Waals surface area (Å²) in [5.74, 6) is -0.0727. The molecule has 0 saturated carbocycles. The third-order valence-electron chi connectivity index (χ3n) is 2.76. The van der Waals surface area contributed by atoms with Crippen molar-refractivity contribution in [1.29, 1.82) is 0 Å². The molecule has 100 valence electrons. The lowest BCUT2D eigenvalue weighted by molar-refractivity contribution is 0.0909. The van der Waals surface area contributed by atoms with E-state index in [1.807, 2.05) is 29.0 Å². The molecule has 0 fully saturated rings. The van der Waals surface area contributed by atoms with E-state index in [4.69, 9.17) is 4.74 Å². The van der Waals surface area contributed by atoms with Crippen LogP contribution < -0.4 is 5.32 Å². The first-order valence-electron chi connectivity index (χ1n) is 5.84. The van der Waals surface area contributed by atoms with E-state index < -0.39 is 0 Å². The molecule has 7 heteroatoms. The van der Waals surface area contributed by atoms with Gasteiger partial charge in [0.2, 0.25) is 0 Å². The van der Waals surface area contributed by atoms with E-state index in [1.54, 1.807) is 18.4 Å². The highest BCUT2D eigenvalue weighted by Gasteiger charge is 2.16. The fourth-order valence-corrected chi connectivity index (χ4v) is 3.65. The van der Waals surface area contributed by atoms with Gasteiger partial charge in [-0.2, -0.15) is 0 Å². The summed E-state index contributed by atoms with van der Waals surface area (Å²) in [7, 11) is 1.62. The highest BCUT2D eigenvalue weighted by atomic mass is 32.1. The van der Waals surface area contributed by atoms with Crippen LogP contribution in [0.3, 0.4) is 0 Å². The topological polar surface area (TPSA) is 55.6 Å². The molecule has 0 aliphatic carbocycles. The Morgan fingerprint density at radius 3 is 3.26 bits per heavy atom. The number of fused-ring (bicyclic) bond motifs is 3. The Labute approximate surface area is 117 Å². The molecular formula is C12H13N3O2S2. The molecular weight excluding hydrogens is 282 g/mol. The van der Waals surface area contributed by atoms with E-state index in [0.29, 0.717) is 11.5 Å². The summed E-state index contributed by atoms with van der Waals surface area (Å²) in [6.07, 6.45) is 1.97. The normalized spacial score (nSPS) is 13.2. The Hall–Kier alpha value is -1.44. The maximum Gasteiger partial charge on any atom is 0.261 e. The first kappa shape index (κ1) is 12.6. The van der Waals surface area contributed by atoms with Crippen LogP contribution in [0.25, 0.3) is 15.3 Å². The van der Waals surface area contributed by atoms with Gasteiger partial charge in [0, 0.05) is 24.7 Å². The minimum atomic E-state index is -0.0727. The molecule has 3 aromatic heterocycles. The maximum absolute atomic E-state index is 12.1. The molecule has 3 heterocycles. The number of hydrogen-bond acceptors (Lipinski definition) is 5. The van der Waals surface area contributed by atoms with Crippen LogP contribution in [0, 0.1) is 0 Å². The van der Waals surface area contributed by atoms with Crippen molar-refractivity contribution in [2.75, 3.05) is 13.7 Å². The average Bonchev–Trinajstić information content (AvgIpc) is 2.98. The lowest BCUT2D eigenvalue weighted by atomic mass is 10.3. The van der Waals surface area contributed by atoms with Gasteiger partial charge in [-0.25, -0.2) is 4.98 Å². The minimum absolute atomic E-state index is 0.00394. The van der Waals surface area contributed by atoms with E-state index in [9.17, 15) is 4.79 Å². The van der Waals surface area contributed by atoms with E-state index in [0.717, 1.165) is 15.3 Å². The van der Waals surface area contributed by atoms with E-state index in [2.05, 4.69) is 10.3 Å². The predicted octanol–water partition coefficient (Wildman–Crippen LogP) is 2.38. The number of nitrogens with one attached hydrogen (secondary N) is 1. The number of hydrogen-bond donors (Lipinski definition) is 1. The summed E-state index contributed by atoms with van der Waals surface area (Å²) in [6.45, 7) is 2.42. The monoisotopic (exact) mass is 295 g/mol. The van der Waals surface area contributed by atoms with Gasteiger partial charge in [0.1, 0.15) is 4.83 Å². The molecule has 0 radical (unpaired) electrons. The number of carbonyl (C=O) groups excluding carboxylic acids is 1. The zero-order chi connectivity index (χ0) is 13.4. The average molecular weight is 295 g/mol. The first-order valence-corrected chi connectivity index (χ1v) is 7.53. The van der Waals surface area contributed by atoms with Crippen LogP contribution >= 0.6 is 22.7 Å². The quantitative estimate of drug-likeness (QED) is 0.804. The number of ether oxygens (including phenoxy) is 1. The van der Waals surface area contributed by atoms with Crippen LogP contribution in [0.2, 0.25) is 0 Å². The van der Waals surface area contributed by atoms with Crippen LogP contribution in [0.5, 0.6) is 0 Å². The van der Waals surface area contributed by atoms with Gasteiger partial charge in [0.25, 0.3) is 5.91 Å². The number of thiophene rings is 1. The van der Waals surface area contributed by atoms with Gasteiger partial charge in [-0.3, -0.25) is 9.20 Å². The molecule has 1 amide bonds. The second kappa shape index (κ2) is 4.92. The van der Waals surface area contributed by atoms with Crippen molar-refractivity contribution in [3.63, 3.8) is 0 Å². The predicted molar refractivity (Wildman–Crippen MR) is 77.3 cm³/mol. The van der Waals surface area contributed by atoms with Gasteiger partial charge in [-0.1, -0.05) is 0 Å². The lowest BCUT2D eigenvalue weighted by Crippen LogP contribution is -2.35. The summed E-state index contributed by atoms with van der Waals surface area (Å²) in [4.78, 5) is 19.1. The van der Waals surface area contributed by atoms with Gasteiger partial charge in [-0.15, -0.1) is 22.7 Å². The van der Waals surface area contributed by atoms with Crippen molar-refractivity contribution in [3.8, 4) is 0 Å². The number of carbonyl (C=O) groups is 1. The van der Waals surface area contributed by atoms with Gasteiger partial charge in [0.15, 0.2) is 4.96 Å². The molecule has 0 saturated heterocycles. The molecule has 3 rings (SSSR count). The third-order valence-corrected chi connectivity index (χ3v) is 4.53. The highest BCUT2D eigenvalue weighted by molar-refractivity contribution is 7.21. The molecule has 1 unspecified atom stereocenters. The van der Waals surface area contributed by atoms with Crippen molar-refractivity contribution in [3.05, 3.63) is 22.5 Å². The number of nitrogens with zero attached hydrogens (tertiary/aromatic N) is 2. The van der Waals surface area contributed by atoms with Crippen LogP contribution in [-0.4, -0.2) is 35.1 Å². The van der Waals surface area contributed by atoms with Gasteiger partial charge >= 0.3 is 0 Å². The Morgan fingerprint density at radius 1 is 1.63 bits per heavy atom. The summed E-state index contributed by atoms with van der Waals surface area (Å²) in [6, 6.07) is 1.89. The Bertz CT molecular complexity index is 728. The Kier molecular flexibility index (Phi) is 3.26. The SMILES string of the molecule is COCC(C)NC(=O)c1cc2c(nc3sccn32)s1. The Morgan fingerprint density at radius 2 is 2.47 bits per heavy atom. The molecule has 5 nitrogen and oxygen atoms in total.